The molecule has 0 bridgehead atoms. The van der Waals surface area contributed by atoms with Gasteiger partial charge < -0.3 is 9.47 Å². The Labute approximate surface area is 173 Å². The highest BCUT2D eigenvalue weighted by molar-refractivity contribution is 7.15. The fourth-order valence-corrected chi connectivity index (χ4v) is 3.84. The number of methoxy groups -OCH3 is 2. The van der Waals surface area contributed by atoms with Gasteiger partial charge in [-0.3, -0.25) is 9.59 Å². The van der Waals surface area contributed by atoms with Gasteiger partial charge in [-0.1, -0.05) is 23.5 Å². The lowest BCUT2D eigenvalue weighted by atomic mass is 10.1. The summed E-state index contributed by atoms with van der Waals surface area (Å²) < 4.78 is 25.1. The number of benzene rings is 2. The SMILES string of the molecule is COc1ccc(OC)c(/C=c2\sc3nc(=O)c(Cc4ccc(F)cc4)nn3c2=O)c1. The van der Waals surface area contributed by atoms with Crippen LogP contribution in [-0.2, 0) is 6.42 Å². The Morgan fingerprint density at radius 3 is 2.57 bits per heavy atom. The summed E-state index contributed by atoms with van der Waals surface area (Å²) in [6, 6.07) is 11.0. The molecule has 0 unspecified atom stereocenters. The van der Waals surface area contributed by atoms with E-state index in [9.17, 15) is 14.0 Å². The van der Waals surface area contributed by atoms with Gasteiger partial charge in [-0.05, 0) is 42.0 Å². The van der Waals surface area contributed by atoms with Crippen LogP contribution >= 0.6 is 11.3 Å². The van der Waals surface area contributed by atoms with Crippen LogP contribution in [0, 0.1) is 5.82 Å². The summed E-state index contributed by atoms with van der Waals surface area (Å²) >= 11 is 1.06. The first kappa shape index (κ1) is 19.7. The minimum absolute atomic E-state index is 0.111. The number of hydrogen-bond acceptors (Lipinski definition) is 7. The number of hydrogen-bond donors (Lipinski definition) is 0. The van der Waals surface area contributed by atoms with E-state index in [1.165, 1.54) is 19.2 Å². The van der Waals surface area contributed by atoms with Crippen molar-refractivity contribution in [1.29, 1.82) is 0 Å². The summed E-state index contributed by atoms with van der Waals surface area (Å²) in [4.78, 5) is 29.4. The predicted octanol–water partition coefficient (Wildman–Crippen LogP) is 1.81. The van der Waals surface area contributed by atoms with Crippen molar-refractivity contribution in [1.82, 2.24) is 14.6 Å². The lowest BCUT2D eigenvalue weighted by Crippen LogP contribution is -2.28. The van der Waals surface area contributed by atoms with Crippen LogP contribution in [0.25, 0.3) is 11.0 Å². The summed E-state index contributed by atoms with van der Waals surface area (Å²) in [5.41, 5.74) is 0.534. The number of halogens is 1. The third-order valence-corrected chi connectivity index (χ3v) is 5.42. The molecule has 7 nitrogen and oxygen atoms in total. The van der Waals surface area contributed by atoms with Crippen molar-refractivity contribution in [2.45, 2.75) is 6.42 Å². The van der Waals surface area contributed by atoms with Gasteiger partial charge in [0, 0.05) is 12.0 Å². The average molecular weight is 425 g/mol. The average Bonchev–Trinajstić information content (AvgIpc) is 3.04. The molecule has 0 spiro atoms. The Morgan fingerprint density at radius 2 is 1.87 bits per heavy atom. The molecule has 30 heavy (non-hydrogen) atoms. The van der Waals surface area contributed by atoms with E-state index in [4.69, 9.17) is 9.47 Å². The van der Waals surface area contributed by atoms with E-state index < -0.39 is 11.1 Å². The van der Waals surface area contributed by atoms with Crippen LogP contribution in [0.3, 0.4) is 0 Å². The molecule has 4 rings (SSSR count). The molecule has 9 heteroatoms. The Balaban J connectivity index is 1.82. The van der Waals surface area contributed by atoms with Crippen LogP contribution in [0.2, 0.25) is 0 Å². The normalized spacial score (nSPS) is 11.8. The van der Waals surface area contributed by atoms with Gasteiger partial charge in [0.1, 0.15) is 23.0 Å². The smallest absolute Gasteiger partial charge is 0.296 e. The van der Waals surface area contributed by atoms with Crippen molar-refractivity contribution in [3.8, 4) is 11.5 Å². The van der Waals surface area contributed by atoms with Gasteiger partial charge in [0.25, 0.3) is 11.1 Å². The number of fused-ring (bicyclic) bond motifs is 1. The molecular formula is C21H16FN3O4S. The van der Waals surface area contributed by atoms with E-state index >= 15 is 0 Å². The minimum Gasteiger partial charge on any atom is -0.497 e. The van der Waals surface area contributed by atoms with Gasteiger partial charge in [0.05, 0.1) is 18.8 Å². The number of thiazole rings is 1. The summed E-state index contributed by atoms with van der Waals surface area (Å²) in [5.74, 6) is 0.813. The van der Waals surface area contributed by atoms with Crippen LogP contribution in [0.5, 0.6) is 11.5 Å². The van der Waals surface area contributed by atoms with Crippen molar-refractivity contribution < 1.29 is 13.9 Å². The summed E-state index contributed by atoms with van der Waals surface area (Å²) in [5, 5.41) is 4.20. The van der Waals surface area contributed by atoms with E-state index in [2.05, 4.69) is 10.1 Å². The summed E-state index contributed by atoms with van der Waals surface area (Å²) in [7, 11) is 3.08. The standard InChI is InChI=1S/C21H16FN3O4S/c1-28-15-7-8-17(29-2)13(10-15)11-18-20(27)25-21(30-18)23-19(26)16(24-25)9-12-3-5-14(22)6-4-12/h3-8,10-11H,9H2,1-2H3/b18-11-. The van der Waals surface area contributed by atoms with E-state index in [1.54, 1.807) is 43.5 Å². The van der Waals surface area contributed by atoms with Crippen molar-refractivity contribution in [3.05, 3.63) is 90.3 Å². The Kier molecular flexibility index (Phi) is 5.28. The highest BCUT2D eigenvalue weighted by Crippen LogP contribution is 2.24. The van der Waals surface area contributed by atoms with E-state index in [1.807, 2.05) is 0 Å². The molecule has 0 aliphatic heterocycles. The van der Waals surface area contributed by atoms with Gasteiger partial charge in [-0.25, -0.2) is 4.39 Å². The van der Waals surface area contributed by atoms with Crippen LogP contribution < -0.4 is 25.1 Å². The van der Waals surface area contributed by atoms with Crippen LogP contribution in [-0.4, -0.2) is 28.8 Å². The van der Waals surface area contributed by atoms with Crippen LogP contribution in [0.1, 0.15) is 16.8 Å². The molecule has 2 heterocycles. The quantitative estimate of drug-likeness (QED) is 0.485. The van der Waals surface area contributed by atoms with Crippen LogP contribution in [0.15, 0.2) is 52.1 Å². The zero-order chi connectivity index (χ0) is 21.3. The second-order valence-corrected chi connectivity index (χ2v) is 7.39. The molecule has 0 atom stereocenters. The molecule has 0 amide bonds. The molecule has 0 fully saturated rings. The zero-order valence-electron chi connectivity index (χ0n) is 16.1. The molecule has 0 saturated carbocycles. The number of aromatic nitrogens is 3. The summed E-state index contributed by atoms with van der Waals surface area (Å²) in [6.07, 6.45) is 1.79. The van der Waals surface area contributed by atoms with Crippen molar-refractivity contribution >= 4 is 22.4 Å². The molecule has 2 aromatic heterocycles. The van der Waals surface area contributed by atoms with Gasteiger partial charge in [-0.15, -0.1) is 0 Å². The van der Waals surface area contributed by atoms with Gasteiger partial charge in [0.2, 0.25) is 4.96 Å². The minimum atomic E-state index is -0.522. The lowest BCUT2D eigenvalue weighted by Gasteiger charge is -2.06. The molecule has 0 saturated heterocycles. The first-order chi connectivity index (χ1) is 14.5. The molecule has 2 aromatic carbocycles. The maximum absolute atomic E-state index is 13.1. The van der Waals surface area contributed by atoms with Crippen molar-refractivity contribution in [2.24, 2.45) is 0 Å². The Morgan fingerprint density at radius 1 is 1.10 bits per heavy atom. The first-order valence-electron chi connectivity index (χ1n) is 8.89. The fraction of sp³-hybridized carbons (Fsp3) is 0.143. The van der Waals surface area contributed by atoms with Gasteiger partial charge in [0.15, 0.2) is 0 Å². The monoisotopic (exact) mass is 425 g/mol. The van der Waals surface area contributed by atoms with E-state index in [-0.39, 0.29) is 22.9 Å². The number of ether oxygens (including phenoxy) is 2. The number of rotatable bonds is 5. The van der Waals surface area contributed by atoms with Crippen molar-refractivity contribution in [3.63, 3.8) is 0 Å². The van der Waals surface area contributed by atoms with E-state index in [0.29, 0.717) is 27.2 Å². The maximum atomic E-state index is 13.1. The topological polar surface area (TPSA) is 82.8 Å². The van der Waals surface area contributed by atoms with Crippen LogP contribution in [0.4, 0.5) is 4.39 Å². The summed E-state index contributed by atoms with van der Waals surface area (Å²) in [6.45, 7) is 0. The van der Waals surface area contributed by atoms with Gasteiger partial charge >= 0.3 is 0 Å². The largest absolute Gasteiger partial charge is 0.497 e. The predicted molar refractivity (Wildman–Crippen MR) is 111 cm³/mol. The third kappa shape index (κ3) is 3.79. The molecule has 0 aliphatic carbocycles. The number of nitrogens with zero attached hydrogens (tertiary/aromatic N) is 3. The van der Waals surface area contributed by atoms with Gasteiger partial charge in [-0.2, -0.15) is 14.6 Å². The molecule has 0 N–H and O–H groups in total. The molecule has 0 aliphatic rings. The molecule has 4 aromatic rings. The molecule has 152 valence electrons. The van der Waals surface area contributed by atoms with E-state index in [0.717, 1.165) is 15.9 Å². The maximum Gasteiger partial charge on any atom is 0.296 e. The second kappa shape index (κ2) is 8.03. The lowest BCUT2D eigenvalue weighted by molar-refractivity contribution is 0.402. The first-order valence-corrected chi connectivity index (χ1v) is 9.71. The molecular weight excluding hydrogens is 409 g/mol. The van der Waals surface area contributed by atoms with Crippen molar-refractivity contribution in [2.75, 3.05) is 14.2 Å². The Hall–Kier alpha value is -3.59. The highest BCUT2D eigenvalue weighted by Gasteiger charge is 2.12. The third-order valence-electron chi connectivity index (χ3n) is 4.46. The zero-order valence-corrected chi connectivity index (χ0v) is 16.9. The highest BCUT2D eigenvalue weighted by atomic mass is 32.1. The fourth-order valence-electron chi connectivity index (χ4n) is 2.94. The Bertz CT molecular complexity index is 1400. The second-order valence-electron chi connectivity index (χ2n) is 6.38. The molecule has 0 radical (unpaired) electrons.